The summed E-state index contributed by atoms with van der Waals surface area (Å²) < 4.78 is 5.90. The number of nitrogen functional groups attached to an aromatic ring is 2. The number of ether oxygens (including phenoxy) is 1. The van der Waals surface area contributed by atoms with E-state index in [2.05, 4.69) is 15.3 Å². The van der Waals surface area contributed by atoms with Gasteiger partial charge in [0.15, 0.2) is 0 Å². The lowest BCUT2D eigenvalue weighted by molar-refractivity contribution is -0.384. The van der Waals surface area contributed by atoms with E-state index in [1.165, 1.54) is 24.3 Å². The Morgan fingerprint density at radius 1 is 1.03 bits per heavy atom. The number of non-ortho nitro benzene ring substituents is 1. The van der Waals surface area contributed by atoms with Crippen molar-refractivity contribution in [1.82, 2.24) is 9.97 Å². The zero-order valence-corrected chi connectivity index (χ0v) is 18.9. The van der Waals surface area contributed by atoms with Gasteiger partial charge in [-0.2, -0.15) is 4.98 Å². The molecule has 0 radical (unpaired) electrons. The molecular weight excluding hydrogens is 472 g/mol. The number of nitrogens with one attached hydrogen (secondary N) is 1. The summed E-state index contributed by atoms with van der Waals surface area (Å²) in [6.45, 7) is 0.0363. The van der Waals surface area contributed by atoms with Crippen molar-refractivity contribution in [2.75, 3.05) is 16.8 Å². The number of hydrogen-bond donors (Lipinski definition) is 3. The molecule has 35 heavy (non-hydrogen) atoms. The Labute approximate surface area is 204 Å². The third-order valence-electron chi connectivity index (χ3n) is 4.97. The molecule has 0 aliphatic heterocycles. The first-order chi connectivity index (χ1) is 16.8. The van der Waals surface area contributed by atoms with Gasteiger partial charge in [0.1, 0.15) is 18.2 Å². The van der Waals surface area contributed by atoms with Gasteiger partial charge in [-0.15, -0.1) is 0 Å². The number of nitrogens with zero attached hydrogens (tertiary/aromatic N) is 3. The number of carbonyl (C=O) groups excluding carboxylic acids is 1. The van der Waals surface area contributed by atoms with E-state index in [0.29, 0.717) is 27.7 Å². The van der Waals surface area contributed by atoms with Gasteiger partial charge in [0.25, 0.3) is 11.6 Å². The van der Waals surface area contributed by atoms with Gasteiger partial charge in [-0.1, -0.05) is 29.8 Å². The summed E-state index contributed by atoms with van der Waals surface area (Å²) in [6, 6.07) is 19.1. The second kappa shape index (κ2) is 10.1. The summed E-state index contributed by atoms with van der Waals surface area (Å²) in [4.78, 5) is 31.1. The molecule has 0 fully saturated rings. The van der Waals surface area contributed by atoms with Gasteiger partial charge in [0.05, 0.1) is 10.6 Å². The van der Waals surface area contributed by atoms with Crippen LogP contribution in [0.25, 0.3) is 11.1 Å². The van der Waals surface area contributed by atoms with E-state index in [9.17, 15) is 14.9 Å². The fourth-order valence-corrected chi connectivity index (χ4v) is 3.46. The van der Waals surface area contributed by atoms with E-state index < -0.39 is 10.8 Å². The zero-order valence-electron chi connectivity index (χ0n) is 18.1. The van der Waals surface area contributed by atoms with E-state index in [0.717, 1.165) is 5.56 Å². The third-order valence-corrected chi connectivity index (χ3v) is 5.22. The van der Waals surface area contributed by atoms with Crippen molar-refractivity contribution in [2.45, 2.75) is 6.61 Å². The standard InChI is InChI=1S/C24H19ClN6O4/c25-16-8-4-14(5-9-16)21-20(29-24(27)30-22(21)26)13-35-19-3-1-2-17(12-19)28-23(32)15-6-10-18(11-7-15)31(33)34/h1-12H,13H2,(H,28,32)(H4,26,27,29,30). The largest absolute Gasteiger partial charge is 0.487 e. The summed E-state index contributed by atoms with van der Waals surface area (Å²) in [5, 5.41) is 14.1. The number of nitro benzene ring substituents is 1. The molecule has 0 bridgehead atoms. The minimum Gasteiger partial charge on any atom is -0.487 e. The first-order valence-electron chi connectivity index (χ1n) is 10.3. The van der Waals surface area contributed by atoms with Gasteiger partial charge < -0.3 is 21.5 Å². The molecule has 1 amide bonds. The Kier molecular flexibility index (Phi) is 6.74. The van der Waals surface area contributed by atoms with Crippen LogP contribution in [0.3, 0.4) is 0 Å². The third kappa shape index (κ3) is 5.63. The maximum absolute atomic E-state index is 12.5. The number of anilines is 3. The van der Waals surface area contributed by atoms with Crippen molar-refractivity contribution in [3.05, 3.63) is 99.2 Å². The monoisotopic (exact) mass is 490 g/mol. The molecule has 0 aliphatic rings. The maximum Gasteiger partial charge on any atom is 0.269 e. The van der Waals surface area contributed by atoms with Crippen LogP contribution in [0.2, 0.25) is 5.02 Å². The molecule has 1 heterocycles. The molecule has 11 heteroatoms. The van der Waals surface area contributed by atoms with E-state index in [4.69, 9.17) is 27.8 Å². The van der Waals surface area contributed by atoms with Crippen LogP contribution in [0, 0.1) is 10.1 Å². The molecule has 5 N–H and O–H groups in total. The molecule has 0 saturated heterocycles. The molecule has 0 saturated carbocycles. The molecule has 4 aromatic rings. The molecule has 1 aromatic heterocycles. The number of benzene rings is 3. The van der Waals surface area contributed by atoms with E-state index in [-0.39, 0.29) is 29.6 Å². The summed E-state index contributed by atoms with van der Waals surface area (Å²) >= 11 is 5.99. The van der Waals surface area contributed by atoms with Crippen molar-refractivity contribution in [1.29, 1.82) is 0 Å². The van der Waals surface area contributed by atoms with Crippen LogP contribution < -0.4 is 21.5 Å². The minimum atomic E-state index is -0.528. The Morgan fingerprint density at radius 3 is 2.43 bits per heavy atom. The molecule has 0 unspecified atom stereocenters. The van der Waals surface area contributed by atoms with Gasteiger partial charge in [0, 0.05) is 40.0 Å². The minimum absolute atomic E-state index is 0.0166. The van der Waals surface area contributed by atoms with Crippen LogP contribution in [-0.4, -0.2) is 20.8 Å². The Bertz CT molecular complexity index is 1390. The molecule has 3 aromatic carbocycles. The molecule has 0 aliphatic carbocycles. The number of nitrogens with two attached hydrogens (primary N) is 2. The van der Waals surface area contributed by atoms with Crippen LogP contribution in [0.1, 0.15) is 16.1 Å². The summed E-state index contributed by atoms with van der Waals surface area (Å²) in [6.07, 6.45) is 0. The first-order valence-corrected chi connectivity index (χ1v) is 10.6. The summed E-state index contributed by atoms with van der Waals surface area (Å²) in [5.74, 6) is 0.271. The number of carbonyl (C=O) groups is 1. The van der Waals surface area contributed by atoms with Gasteiger partial charge in [-0.05, 0) is 42.0 Å². The molecule has 0 atom stereocenters. The Morgan fingerprint density at radius 2 is 1.74 bits per heavy atom. The topological polar surface area (TPSA) is 159 Å². The highest BCUT2D eigenvalue weighted by Crippen LogP contribution is 2.30. The van der Waals surface area contributed by atoms with Crippen LogP contribution in [0.5, 0.6) is 5.75 Å². The van der Waals surface area contributed by atoms with Crippen molar-refractivity contribution < 1.29 is 14.5 Å². The highest BCUT2D eigenvalue weighted by Gasteiger charge is 2.15. The lowest BCUT2D eigenvalue weighted by atomic mass is 10.0. The predicted octanol–water partition coefficient (Wildman–Crippen LogP) is 4.70. The van der Waals surface area contributed by atoms with Gasteiger partial charge >= 0.3 is 0 Å². The normalized spacial score (nSPS) is 10.5. The number of hydrogen-bond acceptors (Lipinski definition) is 8. The predicted molar refractivity (Wildman–Crippen MR) is 133 cm³/mol. The van der Waals surface area contributed by atoms with Gasteiger partial charge in [-0.3, -0.25) is 14.9 Å². The van der Waals surface area contributed by atoms with Crippen LogP contribution >= 0.6 is 11.6 Å². The molecule has 10 nitrogen and oxygen atoms in total. The number of rotatable bonds is 7. The highest BCUT2D eigenvalue weighted by atomic mass is 35.5. The Hall–Kier alpha value is -4.70. The molecule has 176 valence electrons. The SMILES string of the molecule is Nc1nc(N)c(-c2ccc(Cl)cc2)c(COc2cccc(NC(=O)c3ccc([N+](=O)[O-])cc3)c2)n1. The number of halogens is 1. The lowest BCUT2D eigenvalue weighted by Crippen LogP contribution is -2.12. The second-order valence-corrected chi connectivity index (χ2v) is 7.81. The zero-order chi connectivity index (χ0) is 24.9. The second-order valence-electron chi connectivity index (χ2n) is 7.37. The number of amides is 1. The quantitative estimate of drug-likeness (QED) is 0.248. The van der Waals surface area contributed by atoms with E-state index >= 15 is 0 Å². The number of aromatic nitrogens is 2. The average Bonchev–Trinajstić information content (AvgIpc) is 2.83. The maximum atomic E-state index is 12.5. The van der Waals surface area contributed by atoms with E-state index in [1.807, 2.05) is 0 Å². The fourth-order valence-electron chi connectivity index (χ4n) is 3.33. The number of nitro groups is 1. The summed E-state index contributed by atoms with van der Waals surface area (Å²) in [7, 11) is 0. The van der Waals surface area contributed by atoms with Crippen molar-refractivity contribution >= 4 is 40.6 Å². The van der Waals surface area contributed by atoms with Crippen LogP contribution in [-0.2, 0) is 6.61 Å². The smallest absolute Gasteiger partial charge is 0.269 e. The van der Waals surface area contributed by atoms with E-state index in [1.54, 1.807) is 48.5 Å². The van der Waals surface area contributed by atoms with Crippen molar-refractivity contribution in [3.8, 4) is 16.9 Å². The van der Waals surface area contributed by atoms with Gasteiger partial charge in [-0.25, -0.2) is 4.98 Å². The van der Waals surface area contributed by atoms with Crippen molar-refractivity contribution in [2.24, 2.45) is 0 Å². The molecule has 0 spiro atoms. The van der Waals surface area contributed by atoms with Crippen LogP contribution in [0.15, 0.2) is 72.8 Å². The molecular formula is C24H19ClN6O4. The first kappa shape index (κ1) is 23.5. The average molecular weight is 491 g/mol. The van der Waals surface area contributed by atoms with Crippen molar-refractivity contribution in [3.63, 3.8) is 0 Å². The Balaban J connectivity index is 1.50. The molecule has 4 rings (SSSR count). The fraction of sp³-hybridized carbons (Fsp3) is 0.0417. The lowest BCUT2D eigenvalue weighted by Gasteiger charge is -2.14. The van der Waals surface area contributed by atoms with Crippen LogP contribution in [0.4, 0.5) is 23.1 Å². The van der Waals surface area contributed by atoms with Gasteiger partial charge in [0.2, 0.25) is 5.95 Å². The summed E-state index contributed by atoms with van der Waals surface area (Å²) in [5.41, 5.74) is 14.4. The highest BCUT2D eigenvalue weighted by molar-refractivity contribution is 6.30.